The normalized spacial score (nSPS) is 12.8. The van der Waals surface area contributed by atoms with Gasteiger partial charge < -0.3 is 14.0 Å². The van der Waals surface area contributed by atoms with Crippen molar-refractivity contribution in [2.24, 2.45) is 0 Å². The van der Waals surface area contributed by atoms with Gasteiger partial charge in [-0.3, -0.25) is 0 Å². The maximum Gasteiger partial charge on any atom is 0.179 e. The number of rotatable bonds is 9. The van der Waals surface area contributed by atoms with Gasteiger partial charge in [0, 0.05) is 50.0 Å². The fourth-order valence-electron chi connectivity index (χ4n) is 12.4. The zero-order valence-corrected chi connectivity index (χ0v) is 49.9. The molecule has 80 heavy (non-hydrogen) atoms. The molecule has 0 radical (unpaired) electrons. The lowest BCUT2D eigenvalue weighted by Gasteiger charge is -2.35. The van der Waals surface area contributed by atoms with Crippen LogP contribution in [0.2, 0.25) is 0 Å². The molecule has 12 aromatic rings. The van der Waals surface area contributed by atoms with Gasteiger partial charge >= 0.3 is 0 Å². The van der Waals surface area contributed by atoms with Crippen molar-refractivity contribution in [2.45, 2.75) is 105 Å². The van der Waals surface area contributed by atoms with E-state index in [1.54, 1.807) is 0 Å². The number of benzene rings is 10. The third-order valence-electron chi connectivity index (χ3n) is 16.9. The van der Waals surface area contributed by atoms with Gasteiger partial charge in [-0.2, -0.15) is 0 Å². The van der Waals surface area contributed by atoms with Crippen LogP contribution < -0.4 is 25.6 Å². The summed E-state index contributed by atoms with van der Waals surface area (Å²) >= 11 is 0. The highest BCUT2D eigenvalue weighted by atomic mass is 28.3. The average Bonchev–Trinajstić information content (AvgIpc) is 4.07. The van der Waals surface area contributed by atoms with Gasteiger partial charge in [0.1, 0.15) is 0 Å². The van der Waals surface area contributed by atoms with Crippen LogP contribution in [-0.2, 0) is 21.7 Å². The SMILES string of the molecule is CC(C)(C)c1ccc2c(c1)c1cc(C(C)(C)C)ccc1n2-c1ccc(N(c2ccc(-n3c4ccc(C(C)(C)C)cc4c4cc(C(C)(C)C)ccc43)cc2)c2cccc([Si](c3ccccc3)(c3ccccc3)c3ccccc3)c2)cc1. The van der Waals surface area contributed by atoms with E-state index in [4.69, 9.17) is 0 Å². The minimum atomic E-state index is -2.87. The summed E-state index contributed by atoms with van der Waals surface area (Å²) in [6.07, 6.45) is 0. The second-order valence-electron chi connectivity index (χ2n) is 26.4. The molecular weight excluding hydrogens is 983 g/mol. The van der Waals surface area contributed by atoms with Crippen LogP contribution in [0.3, 0.4) is 0 Å². The molecule has 2 heterocycles. The summed E-state index contributed by atoms with van der Waals surface area (Å²) in [5.74, 6) is 0. The molecule has 0 unspecified atom stereocenters. The van der Waals surface area contributed by atoms with Gasteiger partial charge in [-0.25, -0.2) is 0 Å². The monoisotopic (exact) mass is 1060 g/mol. The van der Waals surface area contributed by atoms with Crippen LogP contribution in [0.15, 0.2) is 237 Å². The summed E-state index contributed by atoms with van der Waals surface area (Å²) in [6.45, 7) is 27.7. The molecule has 0 aliphatic carbocycles. The zero-order valence-electron chi connectivity index (χ0n) is 48.9. The molecule has 10 aromatic carbocycles. The highest BCUT2D eigenvalue weighted by Gasteiger charge is 2.41. The summed E-state index contributed by atoms with van der Waals surface area (Å²) in [7, 11) is -2.87. The summed E-state index contributed by atoms with van der Waals surface area (Å²) in [5.41, 5.74) is 15.8. The Balaban J connectivity index is 1.06. The van der Waals surface area contributed by atoms with Crippen molar-refractivity contribution < 1.29 is 0 Å². The smallest absolute Gasteiger partial charge is 0.179 e. The lowest BCUT2D eigenvalue weighted by Crippen LogP contribution is -2.74. The third-order valence-corrected chi connectivity index (χ3v) is 21.7. The zero-order chi connectivity index (χ0) is 55.9. The lowest BCUT2D eigenvalue weighted by molar-refractivity contribution is 0.590. The highest BCUT2D eigenvalue weighted by molar-refractivity contribution is 7.19. The van der Waals surface area contributed by atoms with Crippen LogP contribution in [0.1, 0.15) is 105 Å². The standard InChI is InChI=1S/C76H75N3Si/c1-73(2,3)52-31-43-69-65(47-52)66-48-53(74(4,5)6)32-44-70(66)78(69)58-39-35-56(36-40-58)77(60-23-22-30-64(51-60)80(61-24-16-13-17-25-61,62-26-18-14-19-27-62)63-28-20-15-21-29-63)57-37-41-59(42-38-57)79-71-45-33-54(75(7,8)9)49-67(71)68-50-55(76(10,11)12)34-46-72(68)79/h13-51H,1-12H3. The molecule has 0 saturated heterocycles. The first-order valence-corrected chi connectivity index (χ1v) is 30.7. The third kappa shape index (κ3) is 9.18. The van der Waals surface area contributed by atoms with E-state index >= 15 is 0 Å². The fourth-order valence-corrected chi connectivity index (χ4v) is 17.1. The van der Waals surface area contributed by atoms with Gasteiger partial charge in [0.15, 0.2) is 8.07 Å². The quantitative estimate of drug-likeness (QED) is 0.104. The van der Waals surface area contributed by atoms with E-state index in [1.165, 1.54) is 86.6 Å². The Labute approximate surface area is 475 Å². The van der Waals surface area contributed by atoms with E-state index < -0.39 is 8.07 Å². The molecule has 4 heteroatoms. The van der Waals surface area contributed by atoms with Gasteiger partial charge in [0.05, 0.1) is 22.1 Å². The largest absolute Gasteiger partial charge is 0.311 e. The summed E-state index contributed by atoms with van der Waals surface area (Å²) < 4.78 is 4.93. The lowest BCUT2D eigenvalue weighted by atomic mass is 9.85. The van der Waals surface area contributed by atoms with Crippen molar-refractivity contribution in [1.82, 2.24) is 9.13 Å². The molecule has 0 amide bonds. The van der Waals surface area contributed by atoms with Gasteiger partial charge in [0.25, 0.3) is 0 Å². The summed E-state index contributed by atoms with van der Waals surface area (Å²) in [6, 6.07) is 90.1. The van der Waals surface area contributed by atoms with Gasteiger partial charge in [-0.15, -0.1) is 0 Å². The van der Waals surface area contributed by atoms with Crippen LogP contribution in [0.25, 0.3) is 55.0 Å². The van der Waals surface area contributed by atoms with Crippen molar-refractivity contribution in [3.05, 3.63) is 259 Å². The Kier molecular flexibility index (Phi) is 12.8. The molecule has 398 valence electrons. The van der Waals surface area contributed by atoms with E-state index in [0.29, 0.717) is 0 Å². The van der Waals surface area contributed by atoms with Crippen molar-refractivity contribution in [1.29, 1.82) is 0 Å². The first-order chi connectivity index (χ1) is 38.2. The van der Waals surface area contributed by atoms with Crippen molar-refractivity contribution >= 4 is 89.5 Å². The molecule has 0 saturated carbocycles. The summed E-state index contributed by atoms with van der Waals surface area (Å²) in [4.78, 5) is 2.46. The minimum absolute atomic E-state index is 0.0199. The second-order valence-corrected chi connectivity index (χ2v) is 30.2. The molecule has 0 N–H and O–H groups in total. The number of aromatic nitrogens is 2. The number of hydrogen-bond acceptors (Lipinski definition) is 1. The summed E-state index contributed by atoms with van der Waals surface area (Å²) in [5, 5.41) is 10.5. The molecule has 2 aromatic heterocycles. The van der Waals surface area contributed by atoms with Gasteiger partial charge in [-0.1, -0.05) is 210 Å². The van der Waals surface area contributed by atoms with Crippen LogP contribution in [0, 0.1) is 0 Å². The number of anilines is 3. The first-order valence-electron chi connectivity index (χ1n) is 28.7. The second kappa shape index (κ2) is 19.6. The predicted octanol–water partition coefficient (Wildman–Crippen LogP) is 17.9. The van der Waals surface area contributed by atoms with Crippen LogP contribution in [0.5, 0.6) is 0 Å². The number of fused-ring (bicyclic) bond motifs is 6. The average molecular weight is 1060 g/mol. The highest BCUT2D eigenvalue weighted by Crippen LogP contribution is 2.42. The first kappa shape index (κ1) is 52.5. The van der Waals surface area contributed by atoms with Crippen molar-refractivity contribution in [3.8, 4) is 11.4 Å². The molecule has 0 aliphatic heterocycles. The fraction of sp³-hybridized carbons (Fsp3) is 0.211. The maximum absolute atomic E-state index is 2.87. The van der Waals surface area contributed by atoms with Crippen LogP contribution in [-0.4, -0.2) is 17.2 Å². The van der Waals surface area contributed by atoms with E-state index in [1.807, 2.05) is 0 Å². The number of nitrogens with zero attached hydrogens (tertiary/aromatic N) is 3. The van der Waals surface area contributed by atoms with E-state index in [-0.39, 0.29) is 21.7 Å². The van der Waals surface area contributed by atoms with Crippen LogP contribution in [0.4, 0.5) is 17.1 Å². The Hall–Kier alpha value is -8.18. The molecule has 0 bridgehead atoms. The minimum Gasteiger partial charge on any atom is -0.311 e. The predicted molar refractivity (Wildman–Crippen MR) is 348 cm³/mol. The van der Waals surface area contributed by atoms with Crippen molar-refractivity contribution in [2.75, 3.05) is 4.90 Å². The van der Waals surface area contributed by atoms with Gasteiger partial charge in [0.2, 0.25) is 0 Å². The number of hydrogen-bond donors (Lipinski definition) is 0. The Morgan fingerprint density at radius 3 is 0.838 bits per heavy atom. The maximum atomic E-state index is 2.49. The molecule has 0 atom stereocenters. The molecule has 0 spiro atoms. The van der Waals surface area contributed by atoms with Crippen LogP contribution >= 0.6 is 0 Å². The van der Waals surface area contributed by atoms with Gasteiger partial charge in [-0.05, 0) is 174 Å². The molecular formula is C76H75N3Si. The van der Waals surface area contributed by atoms with Crippen molar-refractivity contribution in [3.63, 3.8) is 0 Å². The Morgan fingerprint density at radius 2 is 0.550 bits per heavy atom. The van der Waals surface area contributed by atoms with E-state index in [0.717, 1.165) is 28.4 Å². The van der Waals surface area contributed by atoms with E-state index in [9.17, 15) is 0 Å². The molecule has 0 aliphatic rings. The Bertz CT molecular complexity index is 3800. The topological polar surface area (TPSA) is 13.1 Å². The van der Waals surface area contributed by atoms with E-state index in [2.05, 4.69) is 334 Å². The Morgan fingerprint density at radius 1 is 0.263 bits per heavy atom. The molecule has 12 rings (SSSR count). The molecule has 0 fully saturated rings. The molecule has 3 nitrogen and oxygen atoms in total.